The van der Waals surface area contributed by atoms with Crippen molar-refractivity contribution in [3.63, 3.8) is 0 Å². The molecule has 0 rings (SSSR count). The Morgan fingerprint density at radius 2 is 1.67 bits per heavy atom. The lowest BCUT2D eigenvalue weighted by molar-refractivity contribution is -0.974. The van der Waals surface area contributed by atoms with E-state index in [2.05, 4.69) is 9.25 Å². The molecule has 0 amide bonds. The van der Waals surface area contributed by atoms with Crippen molar-refractivity contribution >= 4 is 15.6 Å². The van der Waals surface area contributed by atoms with E-state index < -0.39 is 20.7 Å². The molecular formula is H4N2O8P2. The lowest BCUT2D eigenvalue weighted by Gasteiger charge is -2.06. The van der Waals surface area contributed by atoms with Gasteiger partial charge in [-0.25, -0.2) is 4.57 Å². The van der Waals surface area contributed by atoms with Crippen LogP contribution in [0.15, 0.2) is 0 Å². The number of nitrogens with one attached hydrogen (secondary N) is 1. The summed E-state index contributed by atoms with van der Waals surface area (Å²) >= 11 is 0. The fourth-order valence-electron chi connectivity index (χ4n) is 0.205. The summed E-state index contributed by atoms with van der Waals surface area (Å²) in [7, 11) is -10.4. The first-order chi connectivity index (χ1) is 5.10. The Labute approximate surface area is 65.2 Å². The average Bonchev–Trinajstić information content (AvgIpc) is 1.49. The average molecular weight is 222 g/mol. The van der Waals surface area contributed by atoms with Crippen LogP contribution < -0.4 is 4.89 Å². The molecule has 12 heteroatoms. The number of rotatable bonds is 4. The smallest absolute Gasteiger partial charge is 0.590 e. The molecule has 1 unspecified atom stereocenters. The number of phosphoric acid groups is 2. The van der Waals surface area contributed by atoms with Crippen LogP contribution in [0, 0.1) is 5.53 Å². The molecule has 0 saturated carbocycles. The topological polar surface area (TPSA) is 163 Å². The Morgan fingerprint density at radius 1 is 1.25 bits per heavy atom. The third-order valence-electron chi connectivity index (χ3n) is 0.358. The summed E-state index contributed by atoms with van der Waals surface area (Å²) in [6, 6.07) is 0. The van der Waals surface area contributed by atoms with Crippen molar-refractivity contribution in [1.82, 2.24) is 0 Å². The van der Waals surface area contributed by atoms with Gasteiger partial charge in [-0.1, -0.05) is 4.62 Å². The summed E-state index contributed by atoms with van der Waals surface area (Å²) in [5, 5.41) is -0.922. The van der Waals surface area contributed by atoms with Gasteiger partial charge in [-0.3, -0.25) is 14.4 Å². The zero-order chi connectivity index (χ0) is 9.99. The van der Waals surface area contributed by atoms with E-state index in [4.69, 9.17) is 20.2 Å². The summed E-state index contributed by atoms with van der Waals surface area (Å²) in [5.41, 5.74) is 6.25. The second kappa shape index (κ2) is 3.48. The predicted octanol–water partition coefficient (Wildman–Crippen LogP) is -1.55. The van der Waals surface area contributed by atoms with E-state index in [1.807, 2.05) is 0 Å². The molecule has 72 valence electrons. The molecule has 10 nitrogen and oxygen atoms in total. The highest BCUT2D eigenvalue weighted by Gasteiger charge is 2.29. The minimum Gasteiger partial charge on any atom is -0.742 e. The summed E-state index contributed by atoms with van der Waals surface area (Å²) in [4.78, 5) is 33.6. The van der Waals surface area contributed by atoms with Gasteiger partial charge in [0.15, 0.2) is 0 Å². The minimum absolute atomic E-state index is 0.922. The Kier molecular flexibility index (Phi) is 3.34. The second-order valence-electron chi connectivity index (χ2n) is 1.38. The van der Waals surface area contributed by atoms with E-state index in [0.29, 0.717) is 0 Å². The molecule has 0 spiro atoms. The normalized spacial score (nSPS) is 16.3. The van der Waals surface area contributed by atoms with Crippen LogP contribution in [-0.2, 0) is 18.4 Å². The van der Waals surface area contributed by atoms with E-state index >= 15 is 0 Å². The van der Waals surface area contributed by atoms with Gasteiger partial charge in [-0.05, 0) is 0 Å². The molecular weight excluding hydrogens is 218 g/mol. The number of hydrogen-bond acceptors (Lipinski definition) is 6. The lowest BCUT2D eigenvalue weighted by Crippen LogP contribution is -2.12. The van der Waals surface area contributed by atoms with E-state index in [0.717, 1.165) is 0 Å². The van der Waals surface area contributed by atoms with Crippen molar-refractivity contribution < 1.29 is 43.0 Å². The van der Waals surface area contributed by atoms with Crippen molar-refractivity contribution in [1.29, 1.82) is 5.53 Å². The van der Waals surface area contributed by atoms with E-state index in [1.165, 1.54) is 0 Å². The van der Waals surface area contributed by atoms with Gasteiger partial charge >= 0.3 is 20.7 Å². The maximum Gasteiger partial charge on any atom is 0.590 e. The van der Waals surface area contributed by atoms with Crippen LogP contribution in [0.5, 0.6) is 0 Å². The van der Waals surface area contributed by atoms with Crippen LogP contribution in [0.1, 0.15) is 0 Å². The monoisotopic (exact) mass is 222 g/mol. The molecule has 0 aliphatic heterocycles. The molecule has 0 aliphatic rings. The summed E-state index contributed by atoms with van der Waals surface area (Å²) in [6.07, 6.45) is 0. The van der Waals surface area contributed by atoms with Crippen molar-refractivity contribution in [3.8, 4) is 0 Å². The predicted molar refractivity (Wildman–Crippen MR) is 27.0 cm³/mol. The first kappa shape index (κ1) is 11.5. The SMILES string of the molecule is N=[N+](OP(=O)([O-])O)OP(=O)(O)O. The largest absolute Gasteiger partial charge is 0.742 e. The highest BCUT2D eigenvalue weighted by atomic mass is 31.2. The molecule has 0 heterocycles. The lowest BCUT2D eigenvalue weighted by atomic mass is 12.9. The molecule has 0 saturated heterocycles. The zero-order valence-electron chi connectivity index (χ0n) is 5.22. The van der Waals surface area contributed by atoms with Gasteiger partial charge in [0.05, 0.1) is 0 Å². The molecule has 4 N–H and O–H groups in total. The van der Waals surface area contributed by atoms with Crippen molar-refractivity contribution in [2.75, 3.05) is 0 Å². The number of hydrogen-bond donors (Lipinski definition) is 4. The molecule has 0 radical (unpaired) electrons. The van der Waals surface area contributed by atoms with Gasteiger partial charge < -0.3 is 9.79 Å². The van der Waals surface area contributed by atoms with Crippen molar-refractivity contribution in [2.45, 2.75) is 0 Å². The third kappa shape index (κ3) is 7.61. The van der Waals surface area contributed by atoms with E-state index in [9.17, 15) is 14.0 Å². The molecule has 0 aromatic carbocycles. The second-order valence-corrected chi connectivity index (χ2v) is 3.62. The first-order valence-corrected chi connectivity index (χ1v) is 5.13. The molecule has 0 aromatic rings. The van der Waals surface area contributed by atoms with Gasteiger partial charge in [-0.15, -0.1) is 4.62 Å². The van der Waals surface area contributed by atoms with Crippen LogP contribution in [0.3, 0.4) is 0 Å². The van der Waals surface area contributed by atoms with Crippen LogP contribution in [0.2, 0.25) is 0 Å². The molecule has 12 heavy (non-hydrogen) atoms. The van der Waals surface area contributed by atoms with Crippen LogP contribution in [0.25, 0.3) is 0 Å². The van der Waals surface area contributed by atoms with Crippen LogP contribution in [-0.4, -0.2) is 19.7 Å². The van der Waals surface area contributed by atoms with E-state index in [1.54, 1.807) is 0 Å². The maximum absolute atomic E-state index is 9.88. The first-order valence-electron chi connectivity index (χ1n) is 2.10. The fourth-order valence-corrected chi connectivity index (χ4v) is 0.705. The third-order valence-corrected chi connectivity index (χ3v) is 1.07. The van der Waals surface area contributed by atoms with Gasteiger partial charge in [0.2, 0.25) is 0 Å². The summed E-state index contributed by atoms with van der Waals surface area (Å²) < 4.78 is 26.1. The Hall–Kier alpha value is -0.500. The van der Waals surface area contributed by atoms with Gasteiger partial charge in [-0.2, -0.15) is 0 Å². The fraction of sp³-hybridized carbons (Fsp3) is 0. The quantitative estimate of drug-likeness (QED) is 0.252. The van der Waals surface area contributed by atoms with Gasteiger partial charge in [0.25, 0.3) is 0 Å². The summed E-state index contributed by atoms with van der Waals surface area (Å²) in [6.45, 7) is 0. The highest BCUT2D eigenvalue weighted by molar-refractivity contribution is 7.46. The summed E-state index contributed by atoms with van der Waals surface area (Å²) in [5.74, 6) is 0. The zero-order valence-corrected chi connectivity index (χ0v) is 7.01. The van der Waals surface area contributed by atoms with Crippen LogP contribution in [0.4, 0.5) is 0 Å². The molecule has 0 aliphatic carbocycles. The Bertz CT molecular complexity index is 230. The van der Waals surface area contributed by atoms with Gasteiger partial charge in [0.1, 0.15) is 0 Å². The Morgan fingerprint density at radius 3 is 1.92 bits per heavy atom. The highest BCUT2D eigenvalue weighted by Crippen LogP contribution is 2.39. The Balaban J connectivity index is 4.10. The van der Waals surface area contributed by atoms with E-state index in [-0.39, 0.29) is 0 Å². The standard InChI is InChI=1S/H4N2O8P2/c1-2(9-11(3,4)5)10-12(6,7)8/h1H,(H3-,3,4,5,6,7,8). The minimum atomic E-state index is -5.29. The number of nitrogens with zero attached hydrogens (tertiary/aromatic N) is 1. The van der Waals surface area contributed by atoms with Gasteiger partial charge in [0, 0.05) is 5.53 Å². The maximum atomic E-state index is 9.88. The van der Waals surface area contributed by atoms with Crippen LogP contribution >= 0.6 is 15.6 Å². The van der Waals surface area contributed by atoms with Crippen molar-refractivity contribution in [3.05, 3.63) is 0 Å². The molecule has 0 fully saturated rings. The molecule has 0 aromatic heterocycles. The molecule has 0 bridgehead atoms. The van der Waals surface area contributed by atoms with Crippen molar-refractivity contribution in [2.24, 2.45) is 0 Å². The molecule has 1 atom stereocenters.